The van der Waals surface area contributed by atoms with Crippen LogP contribution >= 0.6 is 11.3 Å². The van der Waals surface area contributed by atoms with Crippen LogP contribution in [0.1, 0.15) is 13.8 Å². The van der Waals surface area contributed by atoms with Crippen LogP contribution < -0.4 is 10.6 Å². The Kier molecular flexibility index (Phi) is 4.01. The van der Waals surface area contributed by atoms with Crippen molar-refractivity contribution >= 4 is 16.5 Å². The molecule has 0 amide bonds. The fourth-order valence-corrected chi connectivity index (χ4v) is 2.84. The van der Waals surface area contributed by atoms with E-state index in [-0.39, 0.29) is 5.41 Å². The minimum absolute atomic E-state index is 0.226. The lowest BCUT2D eigenvalue weighted by atomic mass is 9.93. The Morgan fingerprint density at radius 3 is 2.59 bits per heavy atom. The molecule has 2 heterocycles. The largest absolute Gasteiger partial charge is 0.346 e. The molecule has 5 heteroatoms. The number of hydrogen-bond acceptors (Lipinski definition) is 5. The van der Waals surface area contributed by atoms with E-state index in [1.165, 1.54) is 0 Å². The summed E-state index contributed by atoms with van der Waals surface area (Å²) in [6, 6.07) is 0. The highest BCUT2D eigenvalue weighted by molar-refractivity contribution is 7.13. The molecular formula is C12H22N4S. The van der Waals surface area contributed by atoms with E-state index in [0.29, 0.717) is 0 Å². The third-order valence-corrected chi connectivity index (χ3v) is 4.10. The van der Waals surface area contributed by atoms with Gasteiger partial charge in [0.2, 0.25) is 0 Å². The first-order valence-corrected chi connectivity index (χ1v) is 7.05. The van der Waals surface area contributed by atoms with Gasteiger partial charge in [0.1, 0.15) is 0 Å². The Balaban J connectivity index is 1.82. The lowest BCUT2D eigenvalue weighted by Gasteiger charge is -2.38. The normalized spacial score (nSPS) is 18.6. The maximum atomic E-state index is 5.78. The van der Waals surface area contributed by atoms with Crippen LogP contribution in [0.15, 0.2) is 11.6 Å². The summed E-state index contributed by atoms with van der Waals surface area (Å²) in [5.41, 5.74) is 6.01. The van der Waals surface area contributed by atoms with E-state index < -0.39 is 0 Å². The van der Waals surface area contributed by atoms with Crippen LogP contribution in [0.3, 0.4) is 0 Å². The quantitative estimate of drug-likeness (QED) is 0.878. The summed E-state index contributed by atoms with van der Waals surface area (Å²) in [7, 11) is 0. The Bertz CT molecular complexity index is 328. The first-order chi connectivity index (χ1) is 8.11. The van der Waals surface area contributed by atoms with Crippen molar-refractivity contribution in [3.8, 4) is 0 Å². The number of hydrogen-bond donors (Lipinski definition) is 1. The number of nitrogens with zero attached hydrogens (tertiary/aromatic N) is 3. The zero-order chi connectivity index (χ0) is 12.3. The molecule has 96 valence electrons. The summed E-state index contributed by atoms with van der Waals surface area (Å²) in [6.45, 7) is 10.7. The standard InChI is InChI=1S/C12H22N4S/c1-12(2,9-13)10-15-4-6-16(7-5-15)11-14-3-8-17-11/h3,8H,4-7,9-10,13H2,1-2H3. The minimum Gasteiger partial charge on any atom is -0.346 e. The number of anilines is 1. The van der Waals surface area contributed by atoms with E-state index in [4.69, 9.17) is 5.73 Å². The van der Waals surface area contributed by atoms with Crippen LogP contribution in [0.4, 0.5) is 5.13 Å². The van der Waals surface area contributed by atoms with Gasteiger partial charge in [0, 0.05) is 44.3 Å². The van der Waals surface area contributed by atoms with Crippen LogP contribution in [0.2, 0.25) is 0 Å². The molecule has 1 aromatic rings. The van der Waals surface area contributed by atoms with Gasteiger partial charge in [-0.2, -0.15) is 0 Å². The first-order valence-electron chi connectivity index (χ1n) is 6.18. The zero-order valence-electron chi connectivity index (χ0n) is 10.7. The van der Waals surface area contributed by atoms with Crippen LogP contribution in [0, 0.1) is 5.41 Å². The zero-order valence-corrected chi connectivity index (χ0v) is 11.5. The molecule has 1 fully saturated rings. The molecule has 0 unspecified atom stereocenters. The maximum absolute atomic E-state index is 5.78. The summed E-state index contributed by atoms with van der Waals surface area (Å²) in [6.07, 6.45) is 1.88. The average Bonchev–Trinajstić information content (AvgIpc) is 2.83. The molecule has 0 atom stereocenters. The van der Waals surface area contributed by atoms with E-state index in [9.17, 15) is 0 Å². The van der Waals surface area contributed by atoms with Crippen molar-refractivity contribution in [1.82, 2.24) is 9.88 Å². The minimum atomic E-state index is 0.226. The van der Waals surface area contributed by atoms with Gasteiger partial charge >= 0.3 is 0 Å². The van der Waals surface area contributed by atoms with E-state index in [1.807, 2.05) is 11.6 Å². The van der Waals surface area contributed by atoms with Crippen molar-refractivity contribution in [3.05, 3.63) is 11.6 Å². The van der Waals surface area contributed by atoms with E-state index in [0.717, 1.165) is 44.4 Å². The van der Waals surface area contributed by atoms with Crippen molar-refractivity contribution in [2.45, 2.75) is 13.8 Å². The molecule has 1 aliphatic rings. The second-order valence-corrected chi connectivity index (χ2v) is 6.32. The van der Waals surface area contributed by atoms with Crippen molar-refractivity contribution in [2.24, 2.45) is 11.1 Å². The second kappa shape index (κ2) is 5.33. The van der Waals surface area contributed by atoms with Gasteiger partial charge < -0.3 is 10.6 Å². The molecule has 2 rings (SSSR count). The lowest BCUT2D eigenvalue weighted by Crippen LogP contribution is -2.50. The molecule has 17 heavy (non-hydrogen) atoms. The molecule has 0 radical (unpaired) electrons. The summed E-state index contributed by atoms with van der Waals surface area (Å²) in [5.74, 6) is 0. The number of thiazole rings is 1. The fraction of sp³-hybridized carbons (Fsp3) is 0.750. The Morgan fingerprint density at radius 2 is 2.06 bits per heavy atom. The molecule has 1 aliphatic heterocycles. The highest BCUT2D eigenvalue weighted by atomic mass is 32.1. The number of rotatable bonds is 4. The van der Waals surface area contributed by atoms with Crippen LogP contribution in [-0.4, -0.2) is 49.2 Å². The van der Waals surface area contributed by atoms with Gasteiger partial charge in [-0.05, 0) is 12.0 Å². The summed E-state index contributed by atoms with van der Waals surface area (Å²) in [4.78, 5) is 9.24. The Morgan fingerprint density at radius 1 is 1.35 bits per heavy atom. The molecule has 0 aliphatic carbocycles. The van der Waals surface area contributed by atoms with Crippen LogP contribution in [-0.2, 0) is 0 Å². The summed E-state index contributed by atoms with van der Waals surface area (Å²) in [5, 5.41) is 3.20. The predicted molar refractivity (Wildman–Crippen MR) is 73.6 cm³/mol. The van der Waals surface area contributed by atoms with Crippen molar-refractivity contribution in [3.63, 3.8) is 0 Å². The van der Waals surface area contributed by atoms with Crippen LogP contribution in [0.5, 0.6) is 0 Å². The SMILES string of the molecule is CC(C)(CN)CN1CCN(c2nccs2)CC1. The fourth-order valence-electron chi connectivity index (χ4n) is 2.14. The molecule has 4 nitrogen and oxygen atoms in total. The van der Waals surface area contributed by atoms with Gasteiger partial charge in [0.15, 0.2) is 5.13 Å². The molecule has 0 spiro atoms. The molecule has 1 saturated heterocycles. The van der Waals surface area contributed by atoms with Gasteiger partial charge in [0.05, 0.1) is 0 Å². The molecule has 2 N–H and O–H groups in total. The maximum Gasteiger partial charge on any atom is 0.185 e. The molecule has 0 saturated carbocycles. The van der Waals surface area contributed by atoms with Crippen molar-refractivity contribution < 1.29 is 0 Å². The summed E-state index contributed by atoms with van der Waals surface area (Å²) >= 11 is 1.72. The highest BCUT2D eigenvalue weighted by Gasteiger charge is 2.24. The van der Waals surface area contributed by atoms with E-state index in [2.05, 4.69) is 28.6 Å². The average molecular weight is 254 g/mol. The third-order valence-electron chi connectivity index (χ3n) is 3.27. The van der Waals surface area contributed by atoms with Gasteiger partial charge in [0.25, 0.3) is 0 Å². The predicted octanol–water partition coefficient (Wildman–Crippen LogP) is 1.25. The number of piperazine rings is 1. The van der Waals surface area contributed by atoms with Gasteiger partial charge in [-0.25, -0.2) is 4.98 Å². The Labute approximate surface area is 107 Å². The third kappa shape index (κ3) is 3.40. The highest BCUT2D eigenvalue weighted by Crippen LogP contribution is 2.21. The smallest absolute Gasteiger partial charge is 0.185 e. The van der Waals surface area contributed by atoms with Gasteiger partial charge in [-0.1, -0.05) is 13.8 Å². The van der Waals surface area contributed by atoms with Gasteiger partial charge in [-0.15, -0.1) is 11.3 Å². The molecule has 1 aromatic heterocycles. The number of nitrogens with two attached hydrogens (primary N) is 1. The van der Waals surface area contributed by atoms with Crippen molar-refractivity contribution in [1.29, 1.82) is 0 Å². The Hall–Kier alpha value is -0.650. The number of aromatic nitrogens is 1. The van der Waals surface area contributed by atoms with E-state index in [1.54, 1.807) is 11.3 Å². The molecule has 0 aromatic carbocycles. The molecular weight excluding hydrogens is 232 g/mol. The topological polar surface area (TPSA) is 45.4 Å². The van der Waals surface area contributed by atoms with E-state index >= 15 is 0 Å². The lowest BCUT2D eigenvalue weighted by molar-refractivity contribution is 0.174. The van der Waals surface area contributed by atoms with Crippen LogP contribution in [0.25, 0.3) is 0 Å². The first kappa shape index (κ1) is 12.8. The molecule has 0 bridgehead atoms. The summed E-state index contributed by atoms with van der Waals surface area (Å²) < 4.78 is 0. The monoisotopic (exact) mass is 254 g/mol. The second-order valence-electron chi connectivity index (χ2n) is 5.45. The van der Waals surface area contributed by atoms with Crippen molar-refractivity contribution in [2.75, 3.05) is 44.2 Å². The van der Waals surface area contributed by atoms with Gasteiger partial charge in [-0.3, -0.25) is 4.90 Å².